The molecule has 1 aliphatic rings. The van der Waals surface area contributed by atoms with Gasteiger partial charge in [-0.05, 0) is 13.8 Å². The first-order valence-electron chi connectivity index (χ1n) is 4.59. The van der Waals surface area contributed by atoms with Crippen LogP contribution in [0.25, 0.3) is 0 Å². The SMILES string of the molecule is COC(C)(C)CC1OCC(CN)O1. The molecule has 1 aliphatic heterocycles. The lowest BCUT2D eigenvalue weighted by molar-refractivity contribution is -0.111. The second-order valence-corrected chi connectivity index (χ2v) is 3.92. The molecule has 2 N–H and O–H groups in total. The maximum Gasteiger partial charge on any atom is 0.160 e. The summed E-state index contributed by atoms with van der Waals surface area (Å²) < 4.78 is 16.2. The summed E-state index contributed by atoms with van der Waals surface area (Å²) >= 11 is 0. The first kappa shape index (κ1) is 10.9. The monoisotopic (exact) mass is 189 g/mol. The maximum absolute atomic E-state index is 5.52. The van der Waals surface area contributed by atoms with Crippen LogP contribution in [-0.4, -0.2) is 38.3 Å². The second-order valence-electron chi connectivity index (χ2n) is 3.92. The van der Waals surface area contributed by atoms with E-state index in [0.29, 0.717) is 13.2 Å². The van der Waals surface area contributed by atoms with Gasteiger partial charge in [-0.1, -0.05) is 0 Å². The van der Waals surface area contributed by atoms with Crippen LogP contribution in [0.2, 0.25) is 0 Å². The largest absolute Gasteiger partial charge is 0.379 e. The van der Waals surface area contributed by atoms with E-state index in [2.05, 4.69) is 0 Å². The Bertz CT molecular complexity index is 161. The van der Waals surface area contributed by atoms with Crippen molar-refractivity contribution in [2.24, 2.45) is 5.73 Å². The van der Waals surface area contributed by atoms with Gasteiger partial charge in [-0.25, -0.2) is 0 Å². The standard InChI is InChI=1S/C9H19NO3/c1-9(2,11-3)4-8-12-6-7(5-10)13-8/h7-8H,4-6,10H2,1-3H3. The van der Waals surface area contributed by atoms with E-state index in [1.165, 1.54) is 0 Å². The number of rotatable bonds is 4. The van der Waals surface area contributed by atoms with E-state index in [9.17, 15) is 0 Å². The molecule has 0 aliphatic carbocycles. The first-order chi connectivity index (χ1) is 6.07. The van der Waals surface area contributed by atoms with Gasteiger partial charge in [0.25, 0.3) is 0 Å². The van der Waals surface area contributed by atoms with Crippen molar-refractivity contribution >= 4 is 0 Å². The molecule has 0 aromatic heterocycles. The molecular weight excluding hydrogens is 170 g/mol. The van der Waals surface area contributed by atoms with Gasteiger partial charge in [-0.2, -0.15) is 0 Å². The highest BCUT2D eigenvalue weighted by Crippen LogP contribution is 2.22. The molecule has 4 heteroatoms. The lowest BCUT2D eigenvalue weighted by Crippen LogP contribution is -2.30. The van der Waals surface area contributed by atoms with Gasteiger partial charge in [0.2, 0.25) is 0 Å². The van der Waals surface area contributed by atoms with Crippen LogP contribution in [0.1, 0.15) is 20.3 Å². The summed E-state index contributed by atoms with van der Waals surface area (Å²) in [5.41, 5.74) is 5.26. The van der Waals surface area contributed by atoms with Crippen LogP contribution in [0.5, 0.6) is 0 Å². The van der Waals surface area contributed by atoms with Crippen molar-refractivity contribution in [1.82, 2.24) is 0 Å². The van der Waals surface area contributed by atoms with Crippen molar-refractivity contribution < 1.29 is 14.2 Å². The highest BCUT2D eigenvalue weighted by molar-refractivity contribution is 4.74. The van der Waals surface area contributed by atoms with Crippen LogP contribution in [0.3, 0.4) is 0 Å². The van der Waals surface area contributed by atoms with Crippen molar-refractivity contribution in [2.75, 3.05) is 20.3 Å². The number of nitrogens with two attached hydrogens (primary N) is 1. The molecule has 1 fully saturated rings. The van der Waals surface area contributed by atoms with Gasteiger partial charge in [0.1, 0.15) is 0 Å². The van der Waals surface area contributed by atoms with Crippen molar-refractivity contribution in [3.63, 3.8) is 0 Å². The first-order valence-corrected chi connectivity index (χ1v) is 4.59. The van der Waals surface area contributed by atoms with Crippen LogP contribution in [0, 0.1) is 0 Å². The van der Waals surface area contributed by atoms with Crippen molar-refractivity contribution in [2.45, 2.75) is 38.3 Å². The van der Waals surface area contributed by atoms with Crippen molar-refractivity contribution in [1.29, 1.82) is 0 Å². The van der Waals surface area contributed by atoms with E-state index in [1.54, 1.807) is 7.11 Å². The van der Waals surface area contributed by atoms with E-state index >= 15 is 0 Å². The Labute approximate surface area is 79.3 Å². The molecule has 0 aromatic rings. The van der Waals surface area contributed by atoms with Crippen molar-refractivity contribution in [3.05, 3.63) is 0 Å². The summed E-state index contributed by atoms with van der Waals surface area (Å²) in [5.74, 6) is 0. The third-order valence-corrected chi connectivity index (χ3v) is 2.29. The Kier molecular flexibility index (Phi) is 3.67. The Hall–Kier alpha value is -0.160. The lowest BCUT2D eigenvalue weighted by atomic mass is 10.1. The third kappa shape index (κ3) is 3.23. The van der Waals surface area contributed by atoms with Crippen LogP contribution in [0.4, 0.5) is 0 Å². The minimum atomic E-state index is -0.200. The molecule has 1 saturated heterocycles. The van der Waals surface area contributed by atoms with Gasteiger partial charge in [0.05, 0.1) is 18.3 Å². The number of hydrogen-bond acceptors (Lipinski definition) is 4. The Morgan fingerprint density at radius 2 is 2.23 bits per heavy atom. The molecule has 0 spiro atoms. The second kappa shape index (κ2) is 4.37. The summed E-state index contributed by atoms with van der Waals surface area (Å²) in [4.78, 5) is 0. The molecule has 4 nitrogen and oxygen atoms in total. The summed E-state index contributed by atoms with van der Waals surface area (Å²) in [7, 11) is 1.69. The highest BCUT2D eigenvalue weighted by Gasteiger charge is 2.30. The fourth-order valence-electron chi connectivity index (χ4n) is 1.22. The van der Waals surface area contributed by atoms with Crippen molar-refractivity contribution in [3.8, 4) is 0 Å². The van der Waals surface area contributed by atoms with E-state index in [0.717, 1.165) is 6.42 Å². The van der Waals surface area contributed by atoms with E-state index in [4.69, 9.17) is 19.9 Å². The van der Waals surface area contributed by atoms with Crippen LogP contribution >= 0.6 is 0 Å². The molecule has 1 rings (SSSR count). The van der Waals surface area contributed by atoms with Gasteiger partial charge >= 0.3 is 0 Å². The van der Waals surface area contributed by atoms with Gasteiger partial charge in [0, 0.05) is 20.1 Å². The van der Waals surface area contributed by atoms with Crippen LogP contribution in [0.15, 0.2) is 0 Å². The molecule has 13 heavy (non-hydrogen) atoms. The number of methoxy groups -OCH3 is 1. The van der Waals surface area contributed by atoms with E-state index in [-0.39, 0.29) is 18.0 Å². The fraction of sp³-hybridized carbons (Fsp3) is 1.00. The zero-order valence-corrected chi connectivity index (χ0v) is 8.58. The van der Waals surface area contributed by atoms with E-state index in [1.807, 2.05) is 13.8 Å². The average molecular weight is 189 g/mol. The molecule has 2 unspecified atom stereocenters. The van der Waals surface area contributed by atoms with E-state index < -0.39 is 0 Å². The Morgan fingerprint density at radius 3 is 2.69 bits per heavy atom. The topological polar surface area (TPSA) is 53.7 Å². The number of hydrogen-bond donors (Lipinski definition) is 1. The van der Waals surface area contributed by atoms with Gasteiger partial charge < -0.3 is 19.9 Å². The summed E-state index contributed by atoms with van der Waals surface area (Å²) in [5, 5.41) is 0. The lowest BCUT2D eigenvalue weighted by Gasteiger charge is -2.25. The molecule has 2 atom stereocenters. The molecule has 1 heterocycles. The van der Waals surface area contributed by atoms with Crippen LogP contribution < -0.4 is 5.73 Å². The smallest absolute Gasteiger partial charge is 0.160 e. The van der Waals surface area contributed by atoms with Crippen LogP contribution in [-0.2, 0) is 14.2 Å². The maximum atomic E-state index is 5.52. The minimum absolute atomic E-state index is 0.0534. The Morgan fingerprint density at radius 1 is 1.54 bits per heavy atom. The highest BCUT2D eigenvalue weighted by atomic mass is 16.7. The normalized spacial score (nSPS) is 29.5. The average Bonchev–Trinajstić information content (AvgIpc) is 2.52. The van der Waals surface area contributed by atoms with Gasteiger partial charge in [-0.15, -0.1) is 0 Å². The van der Waals surface area contributed by atoms with Gasteiger partial charge in [-0.3, -0.25) is 0 Å². The molecule has 0 aromatic carbocycles. The fourth-order valence-corrected chi connectivity index (χ4v) is 1.22. The molecule has 0 saturated carbocycles. The summed E-state index contributed by atoms with van der Waals surface area (Å²) in [6, 6.07) is 0. The third-order valence-electron chi connectivity index (χ3n) is 2.29. The molecule has 0 radical (unpaired) electrons. The molecule has 0 amide bonds. The number of ether oxygens (including phenoxy) is 3. The minimum Gasteiger partial charge on any atom is -0.379 e. The predicted molar refractivity (Wildman–Crippen MR) is 49.4 cm³/mol. The Balaban J connectivity index is 2.31. The molecule has 78 valence electrons. The summed E-state index contributed by atoms with van der Waals surface area (Å²) in [6.45, 7) is 5.13. The summed E-state index contributed by atoms with van der Waals surface area (Å²) in [6.07, 6.45) is 0.626. The predicted octanol–water partition coefficient (Wildman–Crippen LogP) is 0.502. The molecular formula is C9H19NO3. The quantitative estimate of drug-likeness (QED) is 0.699. The zero-order chi connectivity index (χ0) is 9.90. The molecule has 0 bridgehead atoms. The van der Waals surface area contributed by atoms with Gasteiger partial charge in [0.15, 0.2) is 6.29 Å². The zero-order valence-electron chi connectivity index (χ0n) is 8.58.